The third kappa shape index (κ3) is 5.15. The van der Waals surface area contributed by atoms with E-state index in [1.165, 1.54) is 11.2 Å². The van der Waals surface area contributed by atoms with Crippen molar-refractivity contribution in [3.8, 4) is 0 Å². The van der Waals surface area contributed by atoms with Gasteiger partial charge in [0.25, 0.3) is 5.91 Å². The topological polar surface area (TPSA) is 80.1 Å². The van der Waals surface area contributed by atoms with Crippen LogP contribution in [-0.2, 0) is 11.3 Å². The zero-order chi connectivity index (χ0) is 19.2. The van der Waals surface area contributed by atoms with Crippen LogP contribution in [0.15, 0.2) is 61.2 Å². The molecule has 0 unspecified atom stereocenters. The smallest absolute Gasteiger partial charge is 0.254 e. The normalized spacial score (nSPS) is 10.4. The SMILES string of the molecule is CN(CC(=O)Nc1cccc(Cl)c1)C(=O)c1ccc(Cn2cncn2)cc1. The number of anilines is 1. The van der Waals surface area contributed by atoms with E-state index in [9.17, 15) is 9.59 Å². The van der Waals surface area contributed by atoms with Crippen molar-refractivity contribution in [2.75, 3.05) is 18.9 Å². The van der Waals surface area contributed by atoms with Crippen molar-refractivity contribution in [1.29, 1.82) is 0 Å². The average molecular weight is 384 g/mol. The van der Waals surface area contributed by atoms with Gasteiger partial charge in [0.1, 0.15) is 12.7 Å². The molecule has 138 valence electrons. The second-order valence-corrected chi connectivity index (χ2v) is 6.45. The molecule has 3 rings (SSSR count). The number of nitrogens with one attached hydrogen (secondary N) is 1. The summed E-state index contributed by atoms with van der Waals surface area (Å²) in [5.74, 6) is -0.528. The minimum Gasteiger partial charge on any atom is -0.332 e. The number of halogens is 1. The highest BCUT2D eigenvalue weighted by Crippen LogP contribution is 2.15. The van der Waals surface area contributed by atoms with Crippen molar-refractivity contribution in [1.82, 2.24) is 19.7 Å². The summed E-state index contributed by atoms with van der Waals surface area (Å²) in [5.41, 5.74) is 2.10. The van der Waals surface area contributed by atoms with Crippen molar-refractivity contribution in [2.45, 2.75) is 6.54 Å². The van der Waals surface area contributed by atoms with Gasteiger partial charge in [-0.3, -0.25) is 9.59 Å². The number of amides is 2. The molecular formula is C19H18ClN5O2. The van der Waals surface area contributed by atoms with Crippen molar-refractivity contribution < 1.29 is 9.59 Å². The molecule has 0 saturated carbocycles. The number of benzene rings is 2. The summed E-state index contributed by atoms with van der Waals surface area (Å²) in [4.78, 5) is 29.9. The van der Waals surface area contributed by atoms with Gasteiger partial charge >= 0.3 is 0 Å². The Kier molecular flexibility index (Phi) is 5.83. The number of aromatic nitrogens is 3. The van der Waals surface area contributed by atoms with E-state index in [-0.39, 0.29) is 18.4 Å². The number of likely N-dealkylation sites (N-methyl/N-ethyl adjacent to an activating group) is 1. The summed E-state index contributed by atoms with van der Waals surface area (Å²) in [6.45, 7) is 0.512. The summed E-state index contributed by atoms with van der Waals surface area (Å²) in [6.07, 6.45) is 3.10. The quantitative estimate of drug-likeness (QED) is 0.709. The number of nitrogens with zero attached hydrogens (tertiary/aromatic N) is 4. The molecule has 0 aliphatic heterocycles. The predicted molar refractivity (Wildman–Crippen MR) is 103 cm³/mol. The molecule has 2 amide bonds. The molecule has 8 heteroatoms. The van der Waals surface area contributed by atoms with Gasteiger partial charge in [0.05, 0.1) is 13.1 Å². The van der Waals surface area contributed by atoms with Gasteiger partial charge in [-0.25, -0.2) is 9.67 Å². The maximum atomic E-state index is 12.5. The minimum atomic E-state index is -0.295. The molecule has 0 aliphatic carbocycles. The van der Waals surface area contributed by atoms with E-state index in [2.05, 4.69) is 15.4 Å². The molecular weight excluding hydrogens is 366 g/mol. The van der Waals surface area contributed by atoms with Gasteiger partial charge in [0.2, 0.25) is 5.91 Å². The molecule has 0 spiro atoms. The van der Waals surface area contributed by atoms with E-state index in [0.717, 1.165) is 5.56 Å². The Hall–Kier alpha value is -3.19. The molecule has 7 nitrogen and oxygen atoms in total. The second kappa shape index (κ2) is 8.46. The molecule has 1 N–H and O–H groups in total. The van der Waals surface area contributed by atoms with E-state index in [1.807, 2.05) is 12.1 Å². The van der Waals surface area contributed by atoms with Crippen LogP contribution in [0.2, 0.25) is 5.02 Å². The Morgan fingerprint density at radius 3 is 2.63 bits per heavy atom. The molecule has 0 atom stereocenters. The molecule has 0 radical (unpaired) electrons. The van der Waals surface area contributed by atoms with Crippen LogP contribution in [0, 0.1) is 0 Å². The molecule has 2 aromatic carbocycles. The second-order valence-electron chi connectivity index (χ2n) is 6.01. The summed E-state index contributed by atoms with van der Waals surface area (Å²) in [7, 11) is 1.59. The van der Waals surface area contributed by atoms with Crippen molar-refractivity contribution in [3.63, 3.8) is 0 Å². The van der Waals surface area contributed by atoms with E-state index in [0.29, 0.717) is 22.8 Å². The van der Waals surface area contributed by atoms with Crippen LogP contribution in [0.4, 0.5) is 5.69 Å². The Labute approximate surface area is 161 Å². The number of carbonyl (C=O) groups excluding carboxylic acids is 2. The monoisotopic (exact) mass is 383 g/mol. The van der Waals surface area contributed by atoms with Gasteiger partial charge < -0.3 is 10.2 Å². The molecule has 0 aliphatic rings. The summed E-state index contributed by atoms with van der Waals surface area (Å²) in [5, 5.41) is 7.30. The van der Waals surface area contributed by atoms with Crippen LogP contribution < -0.4 is 5.32 Å². The average Bonchev–Trinajstić information content (AvgIpc) is 3.14. The van der Waals surface area contributed by atoms with Gasteiger partial charge in [-0.05, 0) is 35.9 Å². The number of rotatable bonds is 6. The zero-order valence-electron chi connectivity index (χ0n) is 14.7. The van der Waals surface area contributed by atoms with Crippen LogP contribution >= 0.6 is 11.6 Å². The molecule has 0 bridgehead atoms. The standard InChI is InChI=1S/C19H18ClN5O2/c1-24(11-18(26)23-17-4-2-3-16(20)9-17)19(27)15-7-5-14(6-8-15)10-25-13-21-12-22-25/h2-9,12-13H,10-11H2,1H3,(H,23,26). The lowest BCUT2D eigenvalue weighted by Crippen LogP contribution is -2.34. The van der Waals surface area contributed by atoms with E-state index >= 15 is 0 Å². The molecule has 0 saturated heterocycles. The Bertz CT molecular complexity index is 926. The summed E-state index contributed by atoms with van der Waals surface area (Å²) >= 11 is 5.90. The van der Waals surface area contributed by atoms with Crippen LogP contribution in [0.25, 0.3) is 0 Å². The lowest BCUT2D eigenvalue weighted by Gasteiger charge is -2.17. The van der Waals surface area contributed by atoms with Crippen molar-refractivity contribution >= 4 is 29.1 Å². The first-order valence-corrected chi connectivity index (χ1v) is 8.61. The van der Waals surface area contributed by atoms with Crippen LogP contribution in [-0.4, -0.2) is 45.1 Å². The van der Waals surface area contributed by atoms with Crippen LogP contribution in [0.5, 0.6) is 0 Å². The Balaban J connectivity index is 1.57. The van der Waals surface area contributed by atoms with Crippen LogP contribution in [0.1, 0.15) is 15.9 Å². The number of hydrogen-bond acceptors (Lipinski definition) is 4. The number of carbonyl (C=O) groups is 2. The third-order valence-electron chi connectivity index (χ3n) is 3.85. The lowest BCUT2D eigenvalue weighted by atomic mass is 10.1. The highest BCUT2D eigenvalue weighted by Gasteiger charge is 2.15. The minimum absolute atomic E-state index is 0.0634. The largest absolute Gasteiger partial charge is 0.332 e. The Morgan fingerprint density at radius 1 is 1.19 bits per heavy atom. The fourth-order valence-corrected chi connectivity index (χ4v) is 2.72. The summed E-state index contributed by atoms with van der Waals surface area (Å²) in [6, 6.07) is 14.0. The third-order valence-corrected chi connectivity index (χ3v) is 4.08. The highest BCUT2D eigenvalue weighted by atomic mass is 35.5. The molecule has 1 heterocycles. The molecule has 27 heavy (non-hydrogen) atoms. The van der Waals surface area contributed by atoms with Crippen molar-refractivity contribution in [2.24, 2.45) is 0 Å². The predicted octanol–water partition coefficient (Wildman–Crippen LogP) is 2.69. The van der Waals surface area contributed by atoms with Crippen LogP contribution in [0.3, 0.4) is 0 Å². The first-order chi connectivity index (χ1) is 13.0. The maximum absolute atomic E-state index is 12.5. The first-order valence-electron chi connectivity index (χ1n) is 8.23. The molecule has 1 aromatic heterocycles. The lowest BCUT2D eigenvalue weighted by molar-refractivity contribution is -0.116. The zero-order valence-corrected chi connectivity index (χ0v) is 15.4. The number of hydrogen-bond donors (Lipinski definition) is 1. The van der Waals surface area contributed by atoms with Gasteiger partial charge in [-0.2, -0.15) is 5.10 Å². The molecule has 3 aromatic rings. The summed E-state index contributed by atoms with van der Waals surface area (Å²) < 4.78 is 1.70. The van der Waals surface area contributed by atoms with Gasteiger partial charge in [-0.1, -0.05) is 29.8 Å². The first kappa shape index (κ1) is 18.6. The fraction of sp³-hybridized carbons (Fsp3) is 0.158. The van der Waals surface area contributed by atoms with Crippen molar-refractivity contribution in [3.05, 3.63) is 77.3 Å². The van der Waals surface area contributed by atoms with Gasteiger partial charge in [0, 0.05) is 23.3 Å². The maximum Gasteiger partial charge on any atom is 0.254 e. The highest BCUT2D eigenvalue weighted by molar-refractivity contribution is 6.30. The van der Waals surface area contributed by atoms with Gasteiger partial charge in [-0.15, -0.1) is 0 Å². The Morgan fingerprint density at radius 2 is 1.96 bits per heavy atom. The molecule has 0 fully saturated rings. The van der Waals surface area contributed by atoms with E-state index < -0.39 is 0 Å². The fourth-order valence-electron chi connectivity index (χ4n) is 2.53. The van der Waals surface area contributed by atoms with E-state index in [1.54, 1.807) is 54.5 Å². The van der Waals surface area contributed by atoms with E-state index in [4.69, 9.17) is 11.6 Å². The van der Waals surface area contributed by atoms with Gasteiger partial charge in [0.15, 0.2) is 0 Å².